The molecule has 4 nitrogen and oxygen atoms in total. The minimum Gasteiger partial charge on any atom is -0.347 e. The highest BCUT2D eigenvalue weighted by Crippen LogP contribution is 2.19. The van der Waals surface area contributed by atoms with Gasteiger partial charge in [-0.05, 0) is 36.2 Å². The van der Waals surface area contributed by atoms with Crippen molar-refractivity contribution in [1.82, 2.24) is 15.1 Å². The van der Waals surface area contributed by atoms with Crippen molar-refractivity contribution in [2.75, 3.05) is 0 Å². The molecule has 3 rings (SSSR count). The van der Waals surface area contributed by atoms with Crippen molar-refractivity contribution in [3.05, 3.63) is 82.6 Å². The lowest BCUT2D eigenvalue weighted by Gasteiger charge is -2.06. The molecular weight excluding hydrogens is 310 g/mol. The molecule has 116 valence electrons. The summed E-state index contributed by atoms with van der Waals surface area (Å²) in [7, 11) is 0. The maximum Gasteiger partial charge on any atom is 0.272 e. The number of nitrogens with zero attached hydrogens (tertiary/aromatic N) is 2. The summed E-state index contributed by atoms with van der Waals surface area (Å²) in [6.45, 7) is 2.50. The molecule has 0 unspecified atom stereocenters. The number of hydrogen-bond donors (Lipinski definition) is 1. The number of carbonyl (C=O) groups is 1. The summed E-state index contributed by atoms with van der Waals surface area (Å²) < 4.78 is 1.60. The van der Waals surface area contributed by atoms with Crippen molar-refractivity contribution in [1.29, 1.82) is 0 Å². The molecule has 1 N–H and O–H groups in total. The van der Waals surface area contributed by atoms with Crippen LogP contribution in [0, 0.1) is 6.92 Å². The van der Waals surface area contributed by atoms with Crippen LogP contribution >= 0.6 is 11.6 Å². The van der Waals surface area contributed by atoms with Gasteiger partial charge in [0.1, 0.15) is 0 Å². The predicted octanol–water partition coefficient (Wildman–Crippen LogP) is 3.76. The van der Waals surface area contributed by atoms with Crippen LogP contribution in [0.1, 0.15) is 21.6 Å². The monoisotopic (exact) mass is 325 g/mol. The van der Waals surface area contributed by atoms with E-state index in [-0.39, 0.29) is 5.91 Å². The molecule has 2 aromatic carbocycles. The first-order valence-electron chi connectivity index (χ1n) is 7.28. The Bertz CT molecular complexity index is 842. The zero-order valence-corrected chi connectivity index (χ0v) is 13.4. The van der Waals surface area contributed by atoms with Gasteiger partial charge in [-0.1, -0.05) is 48.0 Å². The number of benzene rings is 2. The van der Waals surface area contributed by atoms with Crippen LogP contribution in [-0.4, -0.2) is 15.7 Å². The van der Waals surface area contributed by atoms with Gasteiger partial charge in [0.2, 0.25) is 0 Å². The second kappa shape index (κ2) is 6.67. The molecular formula is C18H16ClN3O. The highest BCUT2D eigenvalue weighted by Gasteiger charge is 2.11. The SMILES string of the molecule is Cc1ccccc1CNC(=O)c1ccn(-c2ccccc2Cl)n1. The summed E-state index contributed by atoms with van der Waals surface area (Å²) in [6, 6.07) is 17.0. The number of aryl methyl sites for hydroxylation is 1. The lowest BCUT2D eigenvalue weighted by atomic mass is 10.1. The second-order valence-corrected chi connectivity index (χ2v) is 5.61. The second-order valence-electron chi connectivity index (χ2n) is 5.21. The molecule has 0 radical (unpaired) electrons. The molecule has 0 saturated carbocycles. The number of nitrogens with one attached hydrogen (secondary N) is 1. The number of hydrogen-bond acceptors (Lipinski definition) is 2. The van der Waals surface area contributed by atoms with Gasteiger partial charge >= 0.3 is 0 Å². The van der Waals surface area contributed by atoms with Crippen molar-refractivity contribution in [3.63, 3.8) is 0 Å². The summed E-state index contributed by atoms with van der Waals surface area (Å²) >= 11 is 6.14. The summed E-state index contributed by atoms with van der Waals surface area (Å²) in [6.07, 6.45) is 1.73. The molecule has 3 aromatic rings. The van der Waals surface area contributed by atoms with E-state index >= 15 is 0 Å². The van der Waals surface area contributed by atoms with E-state index in [4.69, 9.17) is 11.6 Å². The molecule has 0 fully saturated rings. The molecule has 0 saturated heterocycles. The van der Waals surface area contributed by atoms with Gasteiger partial charge in [0.25, 0.3) is 5.91 Å². The standard InChI is InChI=1S/C18H16ClN3O/c1-13-6-2-3-7-14(13)12-20-18(23)16-10-11-22(21-16)17-9-5-4-8-15(17)19/h2-11H,12H2,1H3,(H,20,23). The molecule has 1 heterocycles. The summed E-state index contributed by atoms with van der Waals surface area (Å²) in [5.74, 6) is -0.209. The smallest absolute Gasteiger partial charge is 0.272 e. The van der Waals surface area contributed by atoms with Gasteiger partial charge in [-0.15, -0.1) is 0 Å². The van der Waals surface area contributed by atoms with E-state index < -0.39 is 0 Å². The predicted molar refractivity (Wildman–Crippen MR) is 90.9 cm³/mol. The van der Waals surface area contributed by atoms with Crippen LogP contribution in [0.15, 0.2) is 60.8 Å². The zero-order valence-electron chi connectivity index (χ0n) is 12.7. The summed E-state index contributed by atoms with van der Waals surface area (Å²) in [5.41, 5.74) is 3.34. The van der Waals surface area contributed by atoms with Crippen molar-refractivity contribution in [2.45, 2.75) is 13.5 Å². The molecule has 1 aromatic heterocycles. The van der Waals surface area contributed by atoms with Crippen molar-refractivity contribution in [2.24, 2.45) is 0 Å². The highest BCUT2D eigenvalue weighted by atomic mass is 35.5. The van der Waals surface area contributed by atoms with Crippen LogP contribution in [0.4, 0.5) is 0 Å². The van der Waals surface area contributed by atoms with Gasteiger partial charge in [-0.25, -0.2) is 4.68 Å². The molecule has 5 heteroatoms. The first kappa shape index (κ1) is 15.3. The van der Waals surface area contributed by atoms with E-state index in [9.17, 15) is 4.79 Å². The normalized spacial score (nSPS) is 10.5. The van der Waals surface area contributed by atoms with Gasteiger partial charge < -0.3 is 5.32 Å². The molecule has 0 aliphatic heterocycles. The van der Waals surface area contributed by atoms with E-state index in [1.165, 1.54) is 0 Å². The van der Waals surface area contributed by atoms with Gasteiger partial charge in [-0.2, -0.15) is 5.10 Å². The number of aromatic nitrogens is 2. The van der Waals surface area contributed by atoms with Gasteiger partial charge in [0.05, 0.1) is 10.7 Å². The Morgan fingerprint density at radius 2 is 1.87 bits per heavy atom. The van der Waals surface area contributed by atoms with E-state index in [2.05, 4.69) is 10.4 Å². The third kappa shape index (κ3) is 3.43. The average Bonchev–Trinajstić information content (AvgIpc) is 3.04. The fourth-order valence-electron chi connectivity index (χ4n) is 2.29. The summed E-state index contributed by atoms with van der Waals surface area (Å²) in [5, 5.41) is 7.77. The minimum atomic E-state index is -0.209. The van der Waals surface area contributed by atoms with Gasteiger partial charge in [0.15, 0.2) is 5.69 Å². The minimum absolute atomic E-state index is 0.209. The molecule has 0 atom stereocenters. The van der Waals surface area contributed by atoms with Gasteiger partial charge in [-0.3, -0.25) is 4.79 Å². The van der Waals surface area contributed by atoms with Crippen molar-refractivity contribution >= 4 is 17.5 Å². The third-order valence-corrected chi connectivity index (χ3v) is 3.94. The quantitative estimate of drug-likeness (QED) is 0.793. The van der Waals surface area contributed by atoms with E-state index in [0.717, 1.165) is 16.8 Å². The Morgan fingerprint density at radius 3 is 2.65 bits per heavy atom. The number of amides is 1. The summed E-state index contributed by atoms with van der Waals surface area (Å²) in [4.78, 5) is 12.2. The van der Waals surface area contributed by atoms with E-state index in [1.54, 1.807) is 23.0 Å². The molecule has 0 spiro atoms. The van der Waals surface area contributed by atoms with Gasteiger partial charge in [0, 0.05) is 12.7 Å². The maximum atomic E-state index is 12.2. The molecule has 0 aliphatic rings. The Hall–Kier alpha value is -2.59. The largest absolute Gasteiger partial charge is 0.347 e. The van der Waals surface area contributed by atoms with Crippen LogP contribution in [0.3, 0.4) is 0 Å². The topological polar surface area (TPSA) is 46.9 Å². The van der Waals surface area contributed by atoms with Crippen LogP contribution < -0.4 is 5.32 Å². The Balaban J connectivity index is 1.72. The Kier molecular flexibility index (Phi) is 4.44. The molecule has 0 bridgehead atoms. The Labute approximate surface area is 139 Å². The van der Waals surface area contributed by atoms with Crippen molar-refractivity contribution < 1.29 is 4.79 Å². The van der Waals surface area contributed by atoms with E-state index in [0.29, 0.717) is 17.3 Å². The van der Waals surface area contributed by atoms with Crippen LogP contribution in [0.5, 0.6) is 0 Å². The first-order valence-corrected chi connectivity index (χ1v) is 7.66. The number of halogens is 1. The first-order chi connectivity index (χ1) is 11.1. The fourth-order valence-corrected chi connectivity index (χ4v) is 2.51. The maximum absolute atomic E-state index is 12.2. The van der Waals surface area contributed by atoms with Crippen LogP contribution in [0.25, 0.3) is 5.69 Å². The molecule has 0 aliphatic carbocycles. The lowest BCUT2D eigenvalue weighted by molar-refractivity contribution is 0.0945. The average molecular weight is 326 g/mol. The highest BCUT2D eigenvalue weighted by molar-refractivity contribution is 6.32. The fraction of sp³-hybridized carbons (Fsp3) is 0.111. The van der Waals surface area contributed by atoms with Crippen LogP contribution in [0.2, 0.25) is 5.02 Å². The third-order valence-electron chi connectivity index (χ3n) is 3.62. The van der Waals surface area contributed by atoms with Crippen molar-refractivity contribution in [3.8, 4) is 5.69 Å². The molecule has 23 heavy (non-hydrogen) atoms. The number of para-hydroxylation sites is 1. The zero-order chi connectivity index (χ0) is 16.2. The number of carbonyl (C=O) groups excluding carboxylic acids is 1. The Morgan fingerprint density at radius 1 is 1.13 bits per heavy atom. The molecule has 1 amide bonds. The van der Waals surface area contributed by atoms with Crippen LogP contribution in [-0.2, 0) is 6.54 Å². The lowest BCUT2D eigenvalue weighted by Crippen LogP contribution is -2.23. The van der Waals surface area contributed by atoms with E-state index in [1.807, 2.05) is 49.4 Å². The number of rotatable bonds is 4.